The van der Waals surface area contributed by atoms with E-state index in [0.717, 1.165) is 35.3 Å². The van der Waals surface area contributed by atoms with Crippen molar-refractivity contribution in [3.63, 3.8) is 0 Å². The lowest BCUT2D eigenvalue weighted by molar-refractivity contribution is -0.125. The van der Waals surface area contributed by atoms with Crippen molar-refractivity contribution in [2.45, 2.75) is 38.6 Å². The Morgan fingerprint density at radius 1 is 1.13 bits per heavy atom. The van der Waals surface area contributed by atoms with Gasteiger partial charge in [0.2, 0.25) is 5.91 Å². The normalized spacial score (nSPS) is 19.4. The first-order valence-corrected chi connectivity index (χ1v) is 10.3. The number of imidazole rings is 1. The van der Waals surface area contributed by atoms with Gasteiger partial charge < -0.3 is 9.88 Å². The Morgan fingerprint density at radius 2 is 2.00 bits per heavy atom. The van der Waals surface area contributed by atoms with Crippen LogP contribution in [0.4, 0.5) is 5.69 Å². The average Bonchev–Trinajstić information content (AvgIpc) is 3.40. The highest BCUT2D eigenvalue weighted by Crippen LogP contribution is 2.32. The standard InChI is InChI=1S/C23H23N5O2/c1-15-6-4-7-16(14-15)28-21(29)12-11-19(26-28)23(30)27-13-5-10-20(27)22-24-17-8-2-3-9-18(17)25-22/h2-4,6-9,14,20H,5,10-13H2,1H3,(H,24,25)/t20-/m0/s1. The van der Waals surface area contributed by atoms with E-state index in [2.05, 4.69) is 10.1 Å². The Bertz CT molecular complexity index is 1130. The second-order valence-electron chi connectivity index (χ2n) is 7.89. The number of amides is 2. The van der Waals surface area contributed by atoms with Crippen molar-refractivity contribution in [3.05, 3.63) is 59.9 Å². The predicted octanol–water partition coefficient (Wildman–Crippen LogP) is 3.72. The Labute approximate surface area is 174 Å². The largest absolute Gasteiger partial charge is 0.340 e. The van der Waals surface area contributed by atoms with Crippen LogP contribution < -0.4 is 5.01 Å². The lowest BCUT2D eigenvalue weighted by Gasteiger charge is -2.28. The number of carbonyl (C=O) groups is 2. The summed E-state index contributed by atoms with van der Waals surface area (Å²) in [5.41, 5.74) is 4.04. The van der Waals surface area contributed by atoms with Crippen molar-refractivity contribution in [2.75, 3.05) is 11.6 Å². The molecule has 2 aliphatic rings. The van der Waals surface area contributed by atoms with Gasteiger partial charge in [0, 0.05) is 19.4 Å². The third kappa shape index (κ3) is 3.26. The molecule has 0 bridgehead atoms. The van der Waals surface area contributed by atoms with E-state index >= 15 is 0 Å². The molecule has 2 aliphatic heterocycles. The molecule has 1 atom stereocenters. The number of hydrazone groups is 1. The molecule has 3 heterocycles. The Morgan fingerprint density at radius 3 is 2.83 bits per heavy atom. The summed E-state index contributed by atoms with van der Waals surface area (Å²) in [5, 5.41) is 5.84. The minimum atomic E-state index is -0.108. The van der Waals surface area contributed by atoms with E-state index < -0.39 is 0 Å². The smallest absolute Gasteiger partial charge is 0.270 e. The highest BCUT2D eigenvalue weighted by atomic mass is 16.2. The first-order valence-electron chi connectivity index (χ1n) is 10.3. The Balaban J connectivity index is 1.43. The lowest BCUT2D eigenvalue weighted by atomic mass is 10.1. The van der Waals surface area contributed by atoms with Gasteiger partial charge in [-0.25, -0.2) is 9.99 Å². The van der Waals surface area contributed by atoms with Crippen LogP contribution in [-0.2, 0) is 9.59 Å². The topological polar surface area (TPSA) is 81.7 Å². The second-order valence-corrected chi connectivity index (χ2v) is 7.89. The SMILES string of the molecule is Cc1cccc(N2N=C(C(=O)N3CCC[C@H]3c3nc4ccccc4[nH]3)CCC2=O)c1. The third-order valence-electron chi connectivity index (χ3n) is 5.76. The van der Waals surface area contributed by atoms with Crippen LogP contribution in [0.2, 0.25) is 0 Å². The number of hydrogen-bond acceptors (Lipinski definition) is 4. The molecule has 7 nitrogen and oxygen atoms in total. The third-order valence-corrected chi connectivity index (χ3v) is 5.76. The number of fused-ring (bicyclic) bond motifs is 1. The molecule has 1 N–H and O–H groups in total. The molecule has 1 fully saturated rings. The van der Waals surface area contributed by atoms with Crippen molar-refractivity contribution in [3.8, 4) is 0 Å². The summed E-state index contributed by atoms with van der Waals surface area (Å²) in [6.45, 7) is 2.63. The zero-order valence-electron chi connectivity index (χ0n) is 16.8. The maximum atomic E-state index is 13.4. The molecule has 2 aromatic carbocycles. The number of anilines is 1. The maximum absolute atomic E-state index is 13.4. The number of carbonyl (C=O) groups excluding carboxylic acids is 2. The van der Waals surface area contributed by atoms with E-state index in [4.69, 9.17) is 4.98 Å². The molecular formula is C23H23N5O2. The van der Waals surface area contributed by atoms with Crippen molar-refractivity contribution < 1.29 is 9.59 Å². The van der Waals surface area contributed by atoms with Crippen LogP contribution in [0.3, 0.4) is 0 Å². The van der Waals surface area contributed by atoms with Gasteiger partial charge in [-0.3, -0.25) is 9.59 Å². The molecule has 152 valence electrons. The number of aromatic nitrogens is 2. The summed E-state index contributed by atoms with van der Waals surface area (Å²) >= 11 is 0. The van der Waals surface area contributed by atoms with E-state index in [0.29, 0.717) is 24.4 Å². The van der Waals surface area contributed by atoms with E-state index in [-0.39, 0.29) is 24.3 Å². The fraction of sp³-hybridized carbons (Fsp3) is 0.304. The van der Waals surface area contributed by atoms with Crippen molar-refractivity contribution in [1.29, 1.82) is 0 Å². The fourth-order valence-corrected chi connectivity index (χ4v) is 4.26. The molecule has 0 unspecified atom stereocenters. The van der Waals surface area contributed by atoms with Crippen LogP contribution in [0.5, 0.6) is 0 Å². The van der Waals surface area contributed by atoms with Gasteiger partial charge in [-0.15, -0.1) is 0 Å². The minimum absolute atomic E-state index is 0.0904. The molecule has 3 aromatic rings. The van der Waals surface area contributed by atoms with Crippen LogP contribution in [0, 0.1) is 6.92 Å². The Kier molecular flexibility index (Phi) is 4.58. The highest BCUT2D eigenvalue weighted by Gasteiger charge is 2.36. The van der Waals surface area contributed by atoms with E-state index in [1.807, 2.05) is 60.4 Å². The van der Waals surface area contributed by atoms with Gasteiger partial charge in [0.25, 0.3) is 5.91 Å². The second kappa shape index (κ2) is 7.40. The monoisotopic (exact) mass is 401 g/mol. The quantitative estimate of drug-likeness (QED) is 0.726. The first-order chi connectivity index (χ1) is 14.6. The molecule has 2 amide bonds. The average molecular weight is 401 g/mol. The molecule has 1 saturated heterocycles. The molecular weight excluding hydrogens is 378 g/mol. The van der Waals surface area contributed by atoms with Crippen molar-refractivity contribution in [1.82, 2.24) is 14.9 Å². The van der Waals surface area contributed by atoms with Crippen LogP contribution in [0.25, 0.3) is 11.0 Å². The maximum Gasteiger partial charge on any atom is 0.270 e. The zero-order chi connectivity index (χ0) is 20.7. The predicted molar refractivity (Wildman–Crippen MR) is 115 cm³/mol. The number of nitrogens with zero attached hydrogens (tertiary/aromatic N) is 4. The summed E-state index contributed by atoms with van der Waals surface area (Å²) in [7, 11) is 0. The lowest BCUT2D eigenvalue weighted by Crippen LogP contribution is -2.41. The van der Waals surface area contributed by atoms with Crippen LogP contribution >= 0.6 is 0 Å². The van der Waals surface area contributed by atoms with Crippen LogP contribution in [-0.4, -0.2) is 38.9 Å². The number of H-pyrrole nitrogens is 1. The van der Waals surface area contributed by atoms with Gasteiger partial charge >= 0.3 is 0 Å². The number of benzene rings is 2. The summed E-state index contributed by atoms with van der Waals surface area (Å²) in [6, 6.07) is 15.4. The van der Waals surface area contributed by atoms with E-state index in [1.165, 1.54) is 5.01 Å². The highest BCUT2D eigenvalue weighted by molar-refractivity contribution is 6.40. The summed E-state index contributed by atoms with van der Waals surface area (Å²) in [5.74, 6) is 0.612. The van der Waals surface area contributed by atoms with Crippen molar-refractivity contribution >= 4 is 34.2 Å². The molecule has 5 rings (SSSR count). The van der Waals surface area contributed by atoms with Crippen LogP contribution in [0.15, 0.2) is 53.6 Å². The molecule has 30 heavy (non-hydrogen) atoms. The Hall–Kier alpha value is -3.48. The minimum Gasteiger partial charge on any atom is -0.340 e. The summed E-state index contributed by atoms with van der Waals surface area (Å²) < 4.78 is 0. The van der Waals surface area contributed by atoms with Gasteiger partial charge in [-0.05, 0) is 49.6 Å². The molecule has 0 radical (unpaired) electrons. The molecule has 7 heteroatoms. The number of aryl methyl sites for hydroxylation is 1. The number of para-hydroxylation sites is 2. The molecule has 0 aliphatic carbocycles. The number of rotatable bonds is 3. The zero-order valence-corrected chi connectivity index (χ0v) is 16.8. The number of hydrogen-bond donors (Lipinski definition) is 1. The number of aromatic amines is 1. The molecule has 0 spiro atoms. The van der Waals surface area contributed by atoms with E-state index in [9.17, 15) is 9.59 Å². The molecule has 0 saturated carbocycles. The van der Waals surface area contributed by atoms with Gasteiger partial charge in [0.05, 0.1) is 22.8 Å². The summed E-state index contributed by atoms with van der Waals surface area (Å²) in [4.78, 5) is 35.7. The van der Waals surface area contributed by atoms with Gasteiger partial charge in [-0.1, -0.05) is 24.3 Å². The van der Waals surface area contributed by atoms with Gasteiger partial charge in [0.15, 0.2) is 0 Å². The number of likely N-dealkylation sites (tertiary alicyclic amines) is 1. The fourth-order valence-electron chi connectivity index (χ4n) is 4.26. The van der Waals surface area contributed by atoms with Gasteiger partial charge in [0.1, 0.15) is 11.5 Å². The van der Waals surface area contributed by atoms with Gasteiger partial charge in [-0.2, -0.15) is 5.10 Å². The van der Waals surface area contributed by atoms with Crippen molar-refractivity contribution in [2.24, 2.45) is 5.10 Å². The molecule has 1 aromatic heterocycles. The summed E-state index contributed by atoms with van der Waals surface area (Å²) in [6.07, 6.45) is 2.42. The number of nitrogens with one attached hydrogen (secondary N) is 1. The first kappa shape index (κ1) is 18.5. The van der Waals surface area contributed by atoms with Crippen LogP contribution in [0.1, 0.15) is 43.1 Å². The van der Waals surface area contributed by atoms with E-state index in [1.54, 1.807) is 0 Å².